The third-order valence-electron chi connectivity index (χ3n) is 4.22. The monoisotopic (exact) mass is 358 g/mol. The zero-order valence-corrected chi connectivity index (χ0v) is 15.5. The smallest absolute Gasteiger partial charge is 0.229 e. The minimum absolute atomic E-state index is 0.433. The third kappa shape index (κ3) is 4.53. The number of nitrogens with zero attached hydrogens (tertiary/aromatic N) is 4. The van der Waals surface area contributed by atoms with Gasteiger partial charge in [0.15, 0.2) is 0 Å². The van der Waals surface area contributed by atoms with Gasteiger partial charge in [-0.05, 0) is 56.3 Å². The number of nitrogens with one attached hydrogen (secondary N) is 2. The molecule has 6 heteroatoms. The van der Waals surface area contributed by atoms with Crippen molar-refractivity contribution in [2.45, 2.75) is 13.8 Å². The van der Waals surface area contributed by atoms with E-state index in [1.54, 1.807) is 18.3 Å². The molecule has 6 nitrogen and oxygen atoms in total. The molecule has 27 heavy (non-hydrogen) atoms. The summed E-state index contributed by atoms with van der Waals surface area (Å²) in [4.78, 5) is 11.0. The Kier molecular flexibility index (Phi) is 5.85. The van der Waals surface area contributed by atoms with Crippen molar-refractivity contribution in [1.82, 2.24) is 9.97 Å². The van der Waals surface area contributed by atoms with Crippen LogP contribution < -0.4 is 15.5 Å². The van der Waals surface area contributed by atoms with Gasteiger partial charge in [-0.25, -0.2) is 4.98 Å². The van der Waals surface area contributed by atoms with Crippen LogP contribution in [0, 0.1) is 11.3 Å². The molecule has 0 atom stereocenters. The van der Waals surface area contributed by atoms with E-state index in [0.717, 1.165) is 18.8 Å². The largest absolute Gasteiger partial charge is 0.372 e. The summed E-state index contributed by atoms with van der Waals surface area (Å²) in [6.45, 7) is 6.26. The lowest BCUT2D eigenvalue weighted by Gasteiger charge is -2.21. The van der Waals surface area contributed by atoms with E-state index < -0.39 is 0 Å². The van der Waals surface area contributed by atoms with Crippen molar-refractivity contribution in [1.29, 1.82) is 5.26 Å². The van der Waals surface area contributed by atoms with Gasteiger partial charge in [-0.1, -0.05) is 12.1 Å². The molecular weight excluding hydrogens is 336 g/mol. The standard InChI is InChI=1S/C21H22N6/c1-3-27(4-2)18-11-9-17(10-12-18)24-20-13-14-23-21(26-20)25-19-8-6-5-7-16(19)15-22/h5-14H,3-4H2,1-2H3,(H2,23,24,25,26). The Morgan fingerprint density at radius 3 is 2.41 bits per heavy atom. The van der Waals surface area contributed by atoms with Crippen molar-refractivity contribution >= 4 is 28.8 Å². The average Bonchev–Trinajstić information content (AvgIpc) is 2.71. The number of anilines is 5. The summed E-state index contributed by atoms with van der Waals surface area (Å²) in [5, 5.41) is 15.6. The molecule has 3 rings (SSSR count). The second kappa shape index (κ2) is 8.68. The summed E-state index contributed by atoms with van der Waals surface area (Å²) in [5.41, 5.74) is 3.38. The summed E-state index contributed by atoms with van der Waals surface area (Å²) in [5.74, 6) is 1.11. The summed E-state index contributed by atoms with van der Waals surface area (Å²) < 4.78 is 0. The van der Waals surface area contributed by atoms with Crippen LogP contribution in [0.2, 0.25) is 0 Å². The number of para-hydroxylation sites is 1. The maximum Gasteiger partial charge on any atom is 0.229 e. The van der Waals surface area contributed by atoms with Crippen molar-refractivity contribution in [2.75, 3.05) is 28.6 Å². The van der Waals surface area contributed by atoms with E-state index >= 15 is 0 Å². The van der Waals surface area contributed by atoms with Crippen LogP contribution in [0.3, 0.4) is 0 Å². The molecule has 0 aliphatic rings. The molecule has 0 fully saturated rings. The van der Waals surface area contributed by atoms with Crippen LogP contribution in [0.15, 0.2) is 60.8 Å². The van der Waals surface area contributed by atoms with Crippen LogP contribution in [0.4, 0.5) is 28.8 Å². The van der Waals surface area contributed by atoms with Gasteiger partial charge in [0, 0.05) is 30.7 Å². The maximum absolute atomic E-state index is 9.20. The molecule has 1 aromatic heterocycles. The predicted molar refractivity (Wildman–Crippen MR) is 110 cm³/mol. The van der Waals surface area contributed by atoms with Gasteiger partial charge in [-0.2, -0.15) is 10.2 Å². The van der Waals surface area contributed by atoms with Gasteiger partial charge < -0.3 is 15.5 Å². The highest BCUT2D eigenvalue weighted by atomic mass is 15.1. The lowest BCUT2D eigenvalue weighted by atomic mass is 10.2. The number of rotatable bonds is 7. The molecule has 0 unspecified atom stereocenters. The molecule has 0 radical (unpaired) electrons. The topological polar surface area (TPSA) is 76.9 Å². The number of hydrogen-bond acceptors (Lipinski definition) is 6. The highest BCUT2D eigenvalue weighted by Crippen LogP contribution is 2.22. The van der Waals surface area contributed by atoms with E-state index in [4.69, 9.17) is 0 Å². The fourth-order valence-electron chi connectivity index (χ4n) is 2.79. The Balaban J connectivity index is 1.73. The second-order valence-electron chi connectivity index (χ2n) is 5.89. The van der Waals surface area contributed by atoms with Crippen molar-refractivity contribution in [3.63, 3.8) is 0 Å². The number of aromatic nitrogens is 2. The highest BCUT2D eigenvalue weighted by molar-refractivity contribution is 5.65. The van der Waals surface area contributed by atoms with Crippen molar-refractivity contribution in [2.24, 2.45) is 0 Å². The molecule has 0 spiro atoms. The van der Waals surface area contributed by atoms with E-state index in [2.05, 4.69) is 57.6 Å². The first-order chi connectivity index (χ1) is 13.2. The molecule has 0 aliphatic heterocycles. The van der Waals surface area contributed by atoms with Gasteiger partial charge in [-0.3, -0.25) is 0 Å². The van der Waals surface area contributed by atoms with Crippen LogP contribution in [-0.2, 0) is 0 Å². The first-order valence-corrected chi connectivity index (χ1v) is 8.94. The zero-order chi connectivity index (χ0) is 19.1. The van der Waals surface area contributed by atoms with E-state index in [1.165, 1.54) is 5.69 Å². The maximum atomic E-state index is 9.20. The molecular formula is C21H22N6. The Bertz CT molecular complexity index is 926. The quantitative estimate of drug-likeness (QED) is 0.638. The van der Waals surface area contributed by atoms with Crippen LogP contribution in [0.1, 0.15) is 19.4 Å². The molecule has 0 bridgehead atoms. The molecule has 3 aromatic rings. The van der Waals surface area contributed by atoms with Crippen LogP contribution in [-0.4, -0.2) is 23.1 Å². The molecule has 2 aromatic carbocycles. The van der Waals surface area contributed by atoms with E-state index in [1.807, 2.05) is 30.3 Å². The predicted octanol–water partition coefficient (Wildman–Crippen LogP) is 4.68. The zero-order valence-electron chi connectivity index (χ0n) is 15.5. The summed E-state index contributed by atoms with van der Waals surface area (Å²) >= 11 is 0. The van der Waals surface area contributed by atoms with Crippen LogP contribution >= 0.6 is 0 Å². The molecule has 0 aliphatic carbocycles. The number of hydrogen-bond donors (Lipinski definition) is 2. The Hall–Kier alpha value is -3.59. The first kappa shape index (κ1) is 18.2. The van der Waals surface area contributed by atoms with Crippen molar-refractivity contribution in [3.05, 3.63) is 66.4 Å². The van der Waals surface area contributed by atoms with Crippen LogP contribution in [0.25, 0.3) is 0 Å². The Labute approximate surface area is 159 Å². The van der Waals surface area contributed by atoms with E-state index in [-0.39, 0.29) is 0 Å². The highest BCUT2D eigenvalue weighted by Gasteiger charge is 2.05. The molecule has 136 valence electrons. The molecule has 0 saturated heterocycles. The van der Waals surface area contributed by atoms with E-state index in [0.29, 0.717) is 23.0 Å². The SMILES string of the molecule is CCN(CC)c1ccc(Nc2ccnc(Nc3ccccc3C#N)n2)cc1. The van der Waals surface area contributed by atoms with E-state index in [9.17, 15) is 5.26 Å². The van der Waals surface area contributed by atoms with Crippen molar-refractivity contribution in [3.8, 4) is 6.07 Å². The first-order valence-electron chi connectivity index (χ1n) is 8.94. The lowest BCUT2D eigenvalue weighted by Crippen LogP contribution is -2.21. The number of benzene rings is 2. The lowest BCUT2D eigenvalue weighted by molar-refractivity contribution is 0.866. The summed E-state index contributed by atoms with van der Waals surface area (Å²) in [7, 11) is 0. The Morgan fingerprint density at radius 1 is 0.963 bits per heavy atom. The Morgan fingerprint density at radius 2 is 1.70 bits per heavy atom. The van der Waals surface area contributed by atoms with Gasteiger partial charge in [0.25, 0.3) is 0 Å². The fraction of sp³-hybridized carbons (Fsp3) is 0.190. The second-order valence-corrected chi connectivity index (χ2v) is 5.89. The minimum atomic E-state index is 0.433. The molecule has 0 amide bonds. The average molecular weight is 358 g/mol. The van der Waals surface area contributed by atoms with Gasteiger partial charge in [0.2, 0.25) is 5.95 Å². The van der Waals surface area contributed by atoms with Gasteiger partial charge in [0.1, 0.15) is 11.9 Å². The van der Waals surface area contributed by atoms with Crippen LogP contribution in [0.5, 0.6) is 0 Å². The normalized spacial score (nSPS) is 10.1. The molecule has 2 N–H and O–H groups in total. The molecule has 0 saturated carbocycles. The van der Waals surface area contributed by atoms with Crippen molar-refractivity contribution < 1.29 is 0 Å². The van der Waals surface area contributed by atoms with Gasteiger partial charge in [0.05, 0.1) is 11.3 Å². The third-order valence-corrected chi connectivity index (χ3v) is 4.22. The van der Waals surface area contributed by atoms with Gasteiger partial charge in [-0.15, -0.1) is 0 Å². The summed E-state index contributed by atoms with van der Waals surface area (Å²) in [6.07, 6.45) is 1.68. The number of nitriles is 1. The minimum Gasteiger partial charge on any atom is -0.372 e. The fourth-order valence-corrected chi connectivity index (χ4v) is 2.79. The van der Waals surface area contributed by atoms with Gasteiger partial charge >= 0.3 is 0 Å². The summed E-state index contributed by atoms with van der Waals surface area (Å²) in [6, 6.07) is 19.5. The molecule has 1 heterocycles.